The molecule has 1 N–H and O–H groups in total. The third-order valence-corrected chi connectivity index (χ3v) is 1.49. The first kappa shape index (κ1) is 9.23. The van der Waals surface area contributed by atoms with Crippen molar-refractivity contribution in [1.29, 1.82) is 0 Å². The molecule has 1 radical (unpaired) electrons. The molecule has 1 rings (SSSR count). The second kappa shape index (κ2) is 5.75. The summed E-state index contributed by atoms with van der Waals surface area (Å²) in [5, 5.41) is 8.42. The Bertz CT molecular complexity index is 196. The highest BCUT2D eigenvalue weighted by Crippen LogP contribution is 2.01. The molecule has 0 atom stereocenters. The van der Waals surface area contributed by atoms with Crippen LogP contribution in [0.3, 0.4) is 0 Å². The summed E-state index contributed by atoms with van der Waals surface area (Å²) >= 11 is 0. The van der Waals surface area contributed by atoms with Gasteiger partial charge in [-0.15, -0.1) is 0 Å². The van der Waals surface area contributed by atoms with Crippen LogP contribution in [-0.2, 0) is 11.2 Å². The van der Waals surface area contributed by atoms with Gasteiger partial charge < -0.3 is 9.84 Å². The van der Waals surface area contributed by atoms with Gasteiger partial charge in [-0.05, 0) is 5.56 Å². The lowest BCUT2D eigenvalue weighted by Crippen LogP contribution is -1.98. The average molecular weight is 165 g/mol. The van der Waals surface area contributed by atoms with E-state index in [0.29, 0.717) is 6.61 Å². The van der Waals surface area contributed by atoms with E-state index in [0.717, 1.165) is 6.42 Å². The smallest absolute Gasteiger partial charge is 0.0881 e. The monoisotopic (exact) mass is 165 g/mol. The van der Waals surface area contributed by atoms with Gasteiger partial charge in [0.1, 0.15) is 0 Å². The van der Waals surface area contributed by atoms with Crippen molar-refractivity contribution in [2.24, 2.45) is 0 Å². The molecule has 0 saturated heterocycles. The van der Waals surface area contributed by atoms with Gasteiger partial charge in [-0.1, -0.05) is 30.3 Å². The first-order valence-corrected chi connectivity index (χ1v) is 4.01. The van der Waals surface area contributed by atoms with Crippen LogP contribution in [0.25, 0.3) is 0 Å². The zero-order chi connectivity index (χ0) is 8.65. The molecule has 1 aromatic carbocycles. The zero-order valence-corrected chi connectivity index (χ0v) is 6.94. The summed E-state index contributed by atoms with van der Waals surface area (Å²) in [5.74, 6) is 0. The highest BCUT2D eigenvalue weighted by molar-refractivity contribution is 5.15. The second-order valence-electron chi connectivity index (χ2n) is 2.45. The van der Waals surface area contributed by atoms with Crippen LogP contribution >= 0.6 is 0 Å². The van der Waals surface area contributed by atoms with E-state index in [1.165, 1.54) is 5.56 Å². The lowest BCUT2D eigenvalue weighted by atomic mass is 10.2. The molecule has 0 heterocycles. The van der Waals surface area contributed by atoms with Crippen molar-refractivity contribution in [2.75, 3.05) is 13.2 Å². The Morgan fingerprint density at radius 3 is 2.67 bits per heavy atom. The maximum Gasteiger partial charge on any atom is 0.0881 e. The molecule has 1 aromatic rings. The molecular formula is C10H13O2. The largest absolute Gasteiger partial charge is 0.394 e. The molecule has 0 aliphatic carbocycles. The number of aliphatic hydroxyl groups is 1. The molecule has 0 amide bonds. The van der Waals surface area contributed by atoms with E-state index >= 15 is 0 Å². The molecule has 65 valence electrons. The molecule has 0 aliphatic heterocycles. The Kier molecular flexibility index (Phi) is 4.42. The van der Waals surface area contributed by atoms with Crippen LogP contribution < -0.4 is 0 Å². The molecule has 0 unspecified atom stereocenters. The predicted octanol–water partition coefficient (Wildman–Crippen LogP) is 1.40. The fourth-order valence-electron chi connectivity index (χ4n) is 0.905. The first-order chi connectivity index (χ1) is 5.93. The van der Waals surface area contributed by atoms with Crippen LogP contribution in [0.4, 0.5) is 0 Å². The summed E-state index contributed by atoms with van der Waals surface area (Å²) in [6.07, 6.45) is 0.792. The van der Waals surface area contributed by atoms with Crippen molar-refractivity contribution in [3.63, 3.8) is 0 Å². The molecule has 2 nitrogen and oxygen atoms in total. The van der Waals surface area contributed by atoms with E-state index < -0.39 is 0 Å². The van der Waals surface area contributed by atoms with Gasteiger partial charge in [-0.3, -0.25) is 0 Å². The standard InChI is InChI=1S/C10H13O2/c11-7-9-12-8-6-10-4-2-1-3-5-10/h1-5,8,11H,6-7,9H2. The van der Waals surface area contributed by atoms with E-state index in [-0.39, 0.29) is 6.61 Å². The van der Waals surface area contributed by atoms with E-state index in [1.807, 2.05) is 30.3 Å². The molecule has 0 spiro atoms. The number of ether oxygens (including phenoxy) is 1. The summed E-state index contributed by atoms with van der Waals surface area (Å²) in [6, 6.07) is 10.1. The number of rotatable bonds is 5. The third-order valence-electron chi connectivity index (χ3n) is 1.49. The summed E-state index contributed by atoms with van der Waals surface area (Å²) in [4.78, 5) is 0. The summed E-state index contributed by atoms with van der Waals surface area (Å²) in [5.41, 5.74) is 1.22. The van der Waals surface area contributed by atoms with Gasteiger partial charge in [0, 0.05) is 6.42 Å². The summed E-state index contributed by atoms with van der Waals surface area (Å²) in [6.45, 7) is 2.17. The van der Waals surface area contributed by atoms with Gasteiger partial charge in [-0.2, -0.15) is 0 Å². The lowest BCUT2D eigenvalue weighted by Gasteiger charge is -2.00. The molecule has 0 aliphatic rings. The topological polar surface area (TPSA) is 29.5 Å². The molecule has 0 bridgehead atoms. The Morgan fingerprint density at radius 1 is 1.25 bits per heavy atom. The Balaban J connectivity index is 2.16. The zero-order valence-electron chi connectivity index (χ0n) is 6.94. The number of benzene rings is 1. The highest BCUT2D eigenvalue weighted by atomic mass is 16.5. The van der Waals surface area contributed by atoms with Gasteiger partial charge in [0.25, 0.3) is 0 Å². The van der Waals surface area contributed by atoms with Crippen LogP contribution in [0, 0.1) is 6.61 Å². The van der Waals surface area contributed by atoms with Crippen molar-refractivity contribution in [1.82, 2.24) is 0 Å². The molecule has 0 aromatic heterocycles. The van der Waals surface area contributed by atoms with Gasteiger partial charge in [0.15, 0.2) is 0 Å². The second-order valence-corrected chi connectivity index (χ2v) is 2.45. The Morgan fingerprint density at radius 2 is 2.00 bits per heavy atom. The van der Waals surface area contributed by atoms with Crippen molar-refractivity contribution in [2.45, 2.75) is 6.42 Å². The van der Waals surface area contributed by atoms with Crippen LogP contribution in [0.1, 0.15) is 5.56 Å². The Hall–Kier alpha value is -0.860. The number of aliphatic hydroxyl groups excluding tert-OH is 1. The van der Waals surface area contributed by atoms with Crippen LogP contribution in [0.5, 0.6) is 0 Å². The molecule has 2 heteroatoms. The minimum absolute atomic E-state index is 0.0747. The number of hydrogen-bond acceptors (Lipinski definition) is 2. The minimum atomic E-state index is 0.0747. The van der Waals surface area contributed by atoms with Crippen LogP contribution in [0.15, 0.2) is 30.3 Å². The van der Waals surface area contributed by atoms with E-state index in [4.69, 9.17) is 9.84 Å². The van der Waals surface area contributed by atoms with Crippen molar-refractivity contribution in [3.05, 3.63) is 42.5 Å². The summed E-state index contributed by atoms with van der Waals surface area (Å²) in [7, 11) is 0. The average Bonchev–Trinajstić information content (AvgIpc) is 2.14. The SMILES string of the molecule is OCCO[CH]Cc1ccccc1. The molecule has 12 heavy (non-hydrogen) atoms. The fourth-order valence-corrected chi connectivity index (χ4v) is 0.905. The minimum Gasteiger partial charge on any atom is -0.394 e. The number of hydrogen-bond donors (Lipinski definition) is 1. The molecule has 0 fully saturated rings. The van der Waals surface area contributed by atoms with Gasteiger partial charge >= 0.3 is 0 Å². The van der Waals surface area contributed by atoms with Crippen LogP contribution in [-0.4, -0.2) is 18.3 Å². The summed E-state index contributed by atoms with van der Waals surface area (Å²) < 4.78 is 5.01. The van der Waals surface area contributed by atoms with Gasteiger partial charge in [0.05, 0.1) is 19.8 Å². The van der Waals surface area contributed by atoms with E-state index in [2.05, 4.69) is 0 Å². The third kappa shape index (κ3) is 3.51. The van der Waals surface area contributed by atoms with Crippen molar-refractivity contribution in [3.8, 4) is 0 Å². The maximum absolute atomic E-state index is 8.42. The Labute approximate surface area is 72.8 Å². The van der Waals surface area contributed by atoms with Gasteiger partial charge in [0.2, 0.25) is 0 Å². The normalized spacial score (nSPS) is 10.1. The van der Waals surface area contributed by atoms with Crippen molar-refractivity contribution >= 4 is 0 Å². The molecule has 0 saturated carbocycles. The fraction of sp³-hybridized carbons (Fsp3) is 0.300. The maximum atomic E-state index is 8.42. The molecular weight excluding hydrogens is 152 g/mol. The highest BCUT2D eigenvalue weighted by Gasteiger charge is 1.91. The van der Waals surface area contributed by atoms with Gasteiger partial charge in [-0.25, -0.2) is 0 Å². The van der Waals surface area contributed by atoms with Crippen molar-refractivity contribution < 1.29 is 9.84 Å². The van der Waals surface area contributed by atoms with Crippen LogP contribution in [0.2, 0.25) is 0 Å². The quantitative estimate of drug-likeness (QED) is 0.668. The predicted molar refractivity (Wildman–Crippen MR) is 47.5 cm³/mol. The first-order valence-electron chi connectivity index (χ1n) is 4.01. The lowest BCUT2D eigenvalue weighted by molar-refractivity contribution is 0.135. The van der Waals surface area contributed by atoms with E-state index in [9.17, 15) is 0 Å². The van der Waals surface area contributed by atoms with E-state index in [1.54, 1.807) is 6.61 Å².